The second kappa shape index (κ2) is 11.2. The zero-order valence-electron chi connectivity index (χ0n) is 29.3. The van der Waals surface area contributed by atoms with Crippen molar-refractivity contribution in [2.45, 2.75) is 0 Å². The highest BCUT2D eigenvalue weighted by molar-refractivity contribution is 6.93. The van der Waals surface area contributed by atoms with Crippen LogP contribution in [-0.2, 0) is 0 Å². The van der Waals surface area contributed by atoms with Crippen LogP contribution in [0.25, 0.3) is 65.7 Å². The van der Waals surface area contributed by atoms with Crippen molar-refractivity contribution in [3.63, 3.8) is 0 Å². The summed E-state index contributed by atoms with van der Waals surface area (Å²) in [6, 6.07) is 68.5. The van der Waals surface area contributed by atoms with Crippen molar-refractivity contribution in [1.29, 1.82) is 0 Å². The zero-order valence-corrected chi connectivity index (χ0v) is 29.3. The van der Waals surface area contributed by atoms with Crippen molar-refractivity contribution in [1.82, 2.24) is 0 Å². The first-order valence-corrected chi connectivity index (χ1v) is 18.6. The van der Waals surface area contributed by atoms with Crippen molar-refractivity contribution in [3.05, 3.63) is 188 Å². The first kappa shape index (κ1) is 29.5. The maximum atomic E-state index is 6.76. The average Bonchev–Trinajstić information content (AvgIpc) is 3.63. The van der Waals surface area contributed by atoms with E-state index < -0.39 is 0 Å². The van der Waals surface area contributed by atoms with Gasteiger partial charge in [0.2, 0.25) is 0 Å². The third-order valence-corrected chi connectivity index (χ3v) is 11.6. The SMILES string of the molecule is c1ccc(-c2c(N3c4ccccc4B4c5c(cccc53)-c3ccccc3N4c3cccc4c3oc3ccccc34)c3ccccc3c3ccccc23)cc1. The van der Waals surface area contributed by atoms with Gasteiger partial charge >= 0.3 is 6.85 Å². The zero-order chi connectivity index (χ0) is 35.3. The van der Waals surface area contributed by atoms with Crippen molar-refractivity contribution in [2.24, 2.45) is 0 Å². The topological polar surface area (TPSA) is 19.6 Å². The summed E-state index contributed by atoms with van der Waals surface area (Å²) in [5.74, 6) is 0. The van der Waals surface area contributed by atoms with Crippen LogP contribution in [0, 0.1) is 0 Å². The Morgan fingerprint density at radius 1 is 0.389 bits per heavy atom. The number of nitrogens with zero attached hydrogens (tertiary/aromatic N) is 2. The Hall–Kier alpha value is -7.04. The Balaban J connectivity index is 1.22. The number of rotatable bonds is 3. The highest BCUT2D eigenvalue weighted by Crippen LogP contribution is 2.52. The van der Waals surface area contributed by atoms with Crippen LogP contribution < -0.4 is 20.6 Å². The van der Waals surface area contributed by atoms with E-state index in [1.54, 1.807) is 0 Å². The summed E-state index contributed by atoms with van der Waals surface area (Å²) < 4.78 is 6.76. The summed E-state index contributed by atoms with van der Waals surface area (Å²) in [4.78, 5) is 5.11. The Morgan fingerprint density at radius 2 is 0.963 bits per heavy atom. The number of hydrogen-bond donors (Lipinski definition) is 0. The first-order valence-electron chi connectivity index (χ1n) is 18.6. The normalized spacial score (nSPS) is 13.1. The largest absolute Gasteiger partial charge is 0.454 e. The van der Waals surface area contributed by atoms with Gasteiger partial charge in [0.1, 0.15) is 5.58 Å². The lowest BCUT2D eigenvalue weighted by atomic mass is 9.43. The van der Waals surface area contributed by atoms with Gasteiger partial charge in [-0.1, -0.05) is 158 Å². The molecular formula is C50H31BN2O. The molecule has 3 nitrogen and oxygen atoms in total. The maximum absolute atomic E-state index is 6.76. The van der Waals surface area contributed by atoms with Gasteiger partial charge in [-0.15, -0.1) is 0 Å². The van der Waals surface area contributed by atoms with Gasteiger partial charge in [-0.25, -0.2) is 0 Å². The summed E-state index contributed by atoms with van der Waals surface area (Å²) in [7, 11) is 0. The van der Waals surface area contributed by atoms with Gasteiger partial charge in [0.05, 0.1) is 11.4 Å². The van der Waals surface area contributed by atoms with Gasteiger partial charge in [-0.2, -0.15) is 0 Å². The van der Waals surface area contributed by atoms with Gasteiger partial charge in [-0.3, -0.25) is 0 Å². The third-order valence-electron chi connectivity index (χ3n) is 11.6. The van der Waals surface area contributed by atoms with E-state index in [9.17, 15) is 0 Å². The van der Waals surface area contributed by atoms with Crippen LogP contribution in [-0.4, -0.2) is 6.85 Å². The number of anilines is 5. The highest BCUT2D eigenvalue weighted by atomic mass is 16.3. The van der Waals surface area contributed by atoms with Gasteiger partial charge in [-0.05, 0) is 68.5 Å². The molecule has 0 aliphatic carbocycles. The minimum atomic E-state index is -0.107. The summed E-state index contributed by atoms with van der Waals surface area (Å²) in [6.45, 7) is -0.107. The van der Waals surface area contributed by atoms with E-state index in [1.807, 2.05) is 0 Å². The minimum Gasteiger partial charge on any atom is -0.454 e. The van der Waals surface area contributed by atoms with Crippen LogP contribution >= 0.6 is 0 Å². The van der Waals surface area contributed by atoms with E-state index in [-0.39, 0.29) is 6.85 Å². The number of para-hydroxylation sites is 4. The molecule has 0 amide bonds. The highest BCUT2D eigenvalue weighted by Gasteiger charge is 2.46. The van der Waals surface area contributed by atoms with Crippen LogP contribution in [0.1, 0.15) is 0 Å². The summed E-state index contributed by atoms with van der Waals surface area (Å²) in [6.07, 6.45) is 0. The van der Waals surface area contributed by atoms with Crippen molar-refractivity contribution >= 4 is 89.7 Å². The molecule has 54 heavy (non-hydrogen) atoms. The van der Waals surface area contributed by atoms with Crippen molar-refractivity contribution < 1.29 is 4.42 Å². The molecule has 0 saturated heterocycles. The molecule has 12 rings (SSSR count). The molecule has 0 saturated carbocycles. The van der Waals surface area contributed by atoms with E-state index in [0.29, 0.717) is 0 Å². The van der Waals surface area contributed by atoms with E-state index in [1.165, 1.54) is 77.5 Å². The van der Waals surface area contributed by atoms with E-state index in [0.717, 1.165) is 27.6 Å². The predicted octanol–water partition coefficient (Wildman–Crippen LogP) is 12.3. The summed E-state index contributed by atoms with van der Waals surface area (Å²) in [5.41, 5.74) is 15.0. The quantitative estimate of drug-likeness (QED) is 0.136. The molecule has 4 heteroatoms. The third kappa shape index (κ3) is 3.97. The van der Waals surface area contributed by atoms with Crippen LogP contribution in [0.3, 0.4) is 0 Å². The van der Waals surface area contributed by atoms with Crippen molar-refractivity contribution in [2.75, 3.05) is 9.71 Å². The van der Waals surface area contributed by atoms with Crippen LogP contribution in [0.2, 0.25) is 0 Å². The Labute approximate surface area is 313 Å². The van der Waals surface area contributed by atoms with E-state index >= 15 is 0 Å². The summed E-state index contributed by atoms with van der Waals surface area (Å²) in [5, 5.41) is 7.23. The minimum absolute atomic E-state index is 0.107. The average molecular weight is 687 g/mol. The Kier molecular flexibility index (Phi) is 6.14. The van der Waals surface area contributed by atoms with Gasteiger partial charge < -0.3 is 14.1 Å². The lowest BCUT2D eigenvalue weighted by Crippen LogP contribution is -2.61. The molecule has 10 aromatic rings. The molecule has 250 valence electrons. The fourth-order valence-corrected chi connectivity index (χ4v) is 9.48. The Morgan fingerprint density at radius 3 is 1.81 bits per heavy atom. The van der Waals surface area contributed by atoms with Gasteiger partial charge in [0.25, 0.3) is 0 Å². The molecule has 0 radical (unpaired) electrons. The fourth-order valence-electron chi connectivity index (χ4n) is 9.48. The molecule has 0 unspecified atom stereocenters. The Bertz CT molecular complexity index is 3150. The van der Waals surface area contributed by atoms with Crippen molar-refractivity contribution in [3.8, 4) is 22.3 Å². The first-order chi connectivity index (χ1) is 26.8. The van der Waals surface area contributed by atoms with E-state index in [4.69, 9.17) is 4.42 Å². The molecule has 2 aliphatic heterocycles. The molecule has 0 spiro atoms. The lowest BCUT2D eigenvalue weighted by Gasteiger charge is -2.46. The fraction of sp³-hybridized carbons (Fsp3) is 0. The second-order valence-corrected chi connectivity index (χ2v) is 14.4. The van der Waals surface area contributed by atoms with Gasteiger partial charge in [0.15, 0.2) is 5.58 Å². The molecule has 0 bridgehead atoms. The standard InChI is InChI=1S/C50H31BN2O/c1-2-16-32(17-3-1)47-37-22-6-4-18-33(37)34-19-5-7-23-39(34)49(47)52-43-28-12-10-26-41(43)51-48-38(24-14-29-44(48)52)35-20-8-11-27-42(35)53(51)45-30-15-25-40-36-21-9-13-31-46(36)54-50(40)45/h1-31H. The van der Waals surface area contributed by atoms with Crippen LogP contribution in [0.5, 0.6) is 0 Å². The van der Waals surface area contributed by atoms with E-state index in [2.05, 4.69) is 198 Å². The molecule has 1 aromatic heterocycles. The molecule has 0 atom stereocenters. The van der Waals surface area contributed by atoms with Gasteiger partial charge in [0, 0.05) is 44.3 Å². The maximum Gasteiger partial charge on any atom is 0.333 e. The number of furan rings is 1. The molecule has 2 aliphatic rings. The summed E-state index contributed by atoms with van der Waals surface area (Å²) >= 11 is 0. The molecule has 3 heterocycles. The lowest BCUT2D eigenvalue weighted by molar-refractivity contribution is 0.669. The van der Waals surface area contributed by atoms with Crippen LogP contribution in [0.15, 0.2) is 192 Å². The molecule has 0 N–H and O–H groups in total. The molecule has 9 aromatic carbocycles. The smallest absolute Gasteiger partial charge is 0.333 e. The molecule has 0 fully saturated rings. The monoisotopic (exact) mass is 686 g/mol. The predicted molar refractivity (Wildman–Crippen MR) is 228 cm³/mol. The number of fused-ring (bicyclic) bond motifs is 10. The number of hydrogen-bond acceptors (Lipinski definition) is 3. The molecular weight excluding hydrogens is 655 g/mol. The van der Waals surface area contributed by atoms with Crippen LogP contribution in [0.4, 0.5) is 28.4 Å². The second-order valence-electron chi connectivity index (χ2n) is 14.4. The number of benzene rings is 9.